The first-order valence-corrected chi connectivity index (χ1v) is 9.53. The maximum absolute atomic E-state index is 12.1. The van der Waals surface area contributed by atoms with Crippen molar-refractivity contribution in [3.05, 3.63) is 59.2 Å². The average Bonchev–Trinajstić information content (AvgIpc) is 2.76. The fraction of sp³-hybridized carbons (Fsp3) is 0.364. The van der Waals surface area contributed by atoms with E-state index >= 15 is 0 Å². The molecule has 156 valence electrons. The average molecular weight is 399 g/mol. The Kier molecular flexibility index (Phi) is 8.82. The molecule has 0 unspecified atom stereocenters. The van der Waals surface area contributed by atoms with Crippen LogP contribution in [0.25, 0.3) is 0 Å². The molecule has 29 heavy (non-hydrogen) atoms. The summed E-state index contributed by atoms with van der Waals surface area (Å²) in [7, 11) is 4.98. The molecule has 0 heterocycles. The number of hydrogen-bond donors (Lipinski definition) is 3. The first-order chi connectivity index (χ1) is 14.0. The Balaban J connectivity index is 1.70. The topological polar surface area (TPSA) is 84.0 Å². The second kappa shape index (κ2) is 11.6. The molecule has 0 aliphatic rings. The number of guanidine groups is 1. The Morgan fingerprint density at radius 1 is 0.966 bits per heavy atom. The number of ether oxygens (including phenoxy) is 2. The number of aliphatic imine (C=N–C) groups is 1. The molecule has 0 radical (unpaired) electrons. The van der Waals surface area contributed by atoms with E-state index in [0.717, 1.165) is 29.0 Å². The van der Waals surface area contributed by atoms with Crippen molar-refractivity contribution in [1.82, 2.24) is 16.0 Å². The number of rotatable bonds is 9. The summed E-state index contributed by atoms with van der Waals surface area (Å²) in [6.07, 6.45) is 0.820. The highest BCUT2D eigenvalue weighted by atomic mass is 16.5. The van der Waals surface area contributed by atoms with Crippen molar-refractivity contribution in [3.63, 3.8) is 0 Å². The largest absolute Gasteiger partial charge is 0.497 e. The lowest BCUT2D eigenvalue weighted by Crippen LogP contribution is -2.43. The molecule has 0 atom stereocenters. The van der Waals surface area contributed by atoms with E-state index < -0.39 is 0 Å². The molecule has 2 aromatic rings. The fourth-order valence-electron chi connectivity index (χ4n) is 2.74. The highest BCUT2D eigenvalue weighted by Crippen LogP contribution is 2.19. The molecule has 1 amide bonds. The number of carbonyl (C=O) groups is 1. The third-order valence-electron chi connectivity index (χ3n) is 4.47. The lowest BCUT2D eigenvalue weighted by molar-refractivity contribution is -0.120. The zero-order chi connectivity index (χ0) is 21.1. The van der Waals surface area contributed by atoms with E-state index in [4.69, 9.17) is 9.47 Å². The molecule has 7 heteroatoms. The second-order valence-electron chi connectivity index (χ2n) is 6.53. The highest BCUT2D eigenvalue weighted by molar-refractivity contribution is 5.86. The summed E-state index contributed by atoms with van der Waals surface area (Å²) in [5, 5.41) is 9.12. The number of methoxy groups -OCH3 is 2. The van der Waals surface area contributed by atoms with Crippen LogP contribution in [0, 0.1) is 6.92 Å². The highest BCUT2D eigenvalue weighted by Gasteiger charge is 2.05. The quantitative estimate of drug-likeness (QED) is 0.445. The van der Waals surface area contributed by atoms with E-state index in [9.17, 15) is 4.79 Å². The SMILES string of the molecule is CN=C(NCCc1ccc(C)c(OC)c1)NCC(=O)NCc1ccc(OC)cc1. The van der Waals surface area contributed by atoms with Crippen LogP contribution < -0.4 is 25.4 Å². The maximum atomic E-state index is 12.1. The molecule has 7 nitrogen and oxygen atoms in total. The van der Waals surface area contributed by atoms with Crippen LogP contribution in [0.1, 0.15) is 16.7 Å². The Hall–Kier alpha value is -3.22. The number of nitrogens with one attached hydrogen (secondary N) is 3. The first kappa shape index (κ1) is 22.1. The van der Waals surface area contributed by atoms with Gasteiger partial charge in [-0.3, -0.25) is 9.79 Å². The summed E-state index contributed by atoms with van der Waals surface area (Å²) in [6, 6.07) is 13.8. The van der Waals surface area contributed by atoms with E-state index in [1.54, 1.807) is 21.3 Å². The van der Waals surface area contributed by atoms with Gasteiger partial charge in [0.1, 0.15) is 11.5 Å². The number of amides is 1. The summed E-state index contributed by atoms with van der Waals surface area (Å²) in [5.74, 6) is 2.16. The minimum Gasteiger partial charge on any atom is -0.497 e. The van der Waals surface area contributed by atoms with Crippen molar-refractivity contribution in [2.45, 2.75) is 19.9 Å². The normalized spacial score (nSPS) is 11.0. The van der Waals surface area contributed by atoms with Gasteiger partial charge in [-0.25, -0.2) is 0 Å². The lowest BCUT2D eigenvalue weighted by Gasteiger charge is -2.13. The minimum atomic E-state index is -0.105. The maximum Gasteiger partial charge on any atom is 0.239 e. The van der Waals surface area contributed by atoms with E-state index in [0.29, 0.717) is 19.0 Å². The predicted molar refractivity (Wildman–Crippen MR) is 116 cm³/mol. The van der Waals surface area contributed by atoms with Gasteiger partial charge in [0.05, 0.1) is 20.8 Å². The number of aryl methyl sites for hydroxylation is 1. The van der Waals surface area contributed by atoms with Crippen LogP contribution in [0.15, 0.2) is 47.5 Å². The molecule has 2 rings (SSSR count). The summed E-state index contributed by atoms with van der Waals surface area (Å²) < 4.78 is 10.5. The smallest absolute Gasteiger partial charge is 0.239 e. The molecule has 0 fully saturated rings. The Bertz CT molecular complexity index is 819. The van der Waals surface area contributed by atoms with Gasteiger partial charge in [0.25, 0.3) is 0 Å². The van der Waals surface area contributed by atoms with Gasteiger partial charge in [-0.1, -0.05) is 24.3 Å². The van der Waals surface area contributed by atoms with Crippen molar-refractivity contribution in [2.24, 2.45) is 4.99 Å². The van der Waals surface area contributed by atoms with Crippen LogP contribution in [0.3, 0.4) is 0 Å². The van der Waals surface area contributed by atoms with Crippen molar-refractivity contribution in [1.29, 1.82) is 0 Å². The molecule has 0 aromatic heterocycles. The summed E-state index contributed by atoms with van der Waals surface area (Å²) in [4.78, 5) is 16.2. The van der Waals surface area contributed by atoms with Gasteiger partial charge in [0.2, 0.25) is 5.91 Å². The summed E-state index contributed by atoms with van der Waals surface area (Å²) in [6.45, 7) is 3.33. The molecule has 0 spiro atoms. The minimum absolute atomic E-state index is 0.105. The van der Waals surface area contributed by atoms with Crippen molar-refractivity contribution >= 4 is 11.9 Å². The standard InChI is InChI=1S/C22H30N4O3/c1-16-5-6-17(13-20(16)29-4)11-12-24-22(23-2)26-15-21(27)25-14-18-7-9-19(28-3)10-8-18/h5-10,13H,11-12,14-15H2,1-4H3,(H,25,27)(H2,23,24,26). The Morgan fingerprint density at radius 3 is 2.34 bits per heavy atom. The number of benzene rings is 2. The molecule has 0 bridgehead atoms. The van der Waals surface area contributed by atoms with E-state index in [1.807, 2.05) is 43.3 Å². The monoisotopic (exact) mass is 398 g/mol. The third kappa shape index (κ3) is 7.37. The van der Waals surface area contributed by atoms with Crippen molar-refractivity contribution in [3.8, 4) is 11.5 Å². The summed E-state index contributed by atoms with van der Waals surface area (Å²) >= 11 is 0. The zero-order valence-electron chi connectivity index (χ0n) is 17.5. The first-order valence-electron chi connectivity index (χ1n) is 9.53. The molecule has 0 aliphatic heterocycles. The molecule has 0 saturated carbocycles. The van der Waals surface area contributed by atoms with Crippen LogP contribution in [-0.2, 0) is 17.8 Å². The zero-order valence-corrected chi connectivity index (χ0v) is 17.5. The molecule has 2 aromatic carbocycles. The van der Waals surface area contributed by atoms with Gasteiger partial charge >= 0.3 is 0 Å². The van der Waals surface area contributed by atoms with Gasteiger partial charge in [0.15, 0.2) is 5.96 Å². The third-order valence-corrected chi connectivity index (χ3v) is 4.47. The Morgan fingerprint density at radius 2 is 1.69 bits per heavy atom. The van der Waals surface area contributed by atoms with E-state index in [1.165, 1.54) is 5.56 Å². The van der Waals surface area contributed by atoms with Crippen LogP contribution in [0.5, 0.6) is 11.5 Å². The predicted octanol–water partition coefficient (Wildman–Crippen LogP) is 2.04. The van der Waals surface area contributed by atoms with Crippen LogP contribution >= 0.6 is 0 Å². The van der Waals surface area contributed by atoms with Crippen molar-refractivity contribution < 1.29 is 14.3 Å². The molecule has 0 saturated heterocycles. The molecular formula is C22H30N4O3. The Labute approximate surface area is 172 Å². The van der Waals surface area contributed by atoms with Gasteiger partial charge in [-0.15, -0.1) is 0 Å². The molecular weight excluding hydrogens is 368 g/mol. The summed E-state index contributed by atoms with van der Waals surface area (Å²) in [5.41, 5.74) is 3.30. The molecule has 0 aliphatic carbocycles. The second-order valence-corrected chi connectivity index (χ2v) is 6.53. The number of nitrogens with zero attached hydrogens (tertiary/aromatic N) is 1. The fourth-order valence-corrected chi connectivity index (χ4v) is 2.74. The van der Waals surface area contributed by atoms with Crippen LogP contribution in [0.2, 0.25) is 0 Å². The van der Waals surface area contributed by atoms with E-state index in [-0.39, 0.29) is 12.5 Å². The number of hydrogen-bond acceptors (Lipinski definition) is 4. The molecule has 3 N–H and O–H groups in total. The van der Waals surface area contributed by atoms with Gasteiger partial charge in [0, 0.05) is 20.1 Å². The lowest BCUT2D eigenvalue weighted by atomic mass is 10.1. The van der Waals surface area contributed by atoms with Crippen molar-refractivity contribution in [2.75, 3.05) is 34.4 Å². The van der Waals surface area contributed by atoms with Crippen LogP contribution in [0.4, 0.5) is 0 Å². The van der Waals surface area contributed by atoms with Crippen LogP contribution in [-0.4, -0.2) is 46.2 Å². The van der Waals surface area contributed by atoms with E-state index in [2.05, 4.69) is 27.0 Å². The number of carbonyl (C=O) groups excluding carboxylic acids is 1. The van der Waals surface area contributed by atoms with Gasteiger partial charge in [-0.05, 0) is 48.2 Å². The van der Waals surface area contributed by atoms with Gasteiger partial charge in [-0.2, -0.15) is 0 Å². The van der Waals surface area contributed by atoms with Gasteiger partial charge < -0.3 is 25.4 Å².